The first-order valence-corrected chi connectivity index (χ1v) is 5.67. The van der Waals surface area contributed by atoms with Crippen LogP contribution in [-0.4, -0.2) is 30.6 Å². The second-order valence-electron chi connectivity index (χ2n) is 3.60. The van der Waals surface area contributed by atoms with Gasteiger partial charge in [-0.15, -0.1) is 0 Å². The van der Waals surface area contributed by atoms with Crippen molar-refractivity contribution in [1.29, 1.82) is 0 Å². The summed E-state index contributed by atoms with van der Waals surface area (Å²) in [7, 11) is 1.15. The quantitative estimate of drug-likeness (QED) is 0.840. The van der Waals surface area contributed by atoms with Crippen molar-refractivity contribution in [2.45, 2.75) is 12.6 Å². The minimum atomic E-state index is -4.80. The van der Waals surface area contributed by atoms with Crippen LogP contribution >= 0.6 is 15.9 Å². The number of nitrogens with zero attached hydrogens (tertiary/aromatic N) is 1. The van der Waals surface area contributed by atoms with Crippen molar-refractivity contribution in [1.82, 2.24) is 4.90 Å². The SMILES string of the molecule is CN(CCc1ccc(Br)cc1)C(=O)C(F)(F)F. The molecule has 0 saturated carbocycles. The Hall–Kier alpha value is -1.04. The Balaban J connectivity index is 2.51. The van der Waals surface area contributed by atoms with Crippen molar-refractivity contribution in [2.75, 3.05) is 13.6 Å². The first-order chi connectivity index (χ1) is 7.80. The molecule has 0 fully saturated rings. The van der Waals surface area contributed by atoms with Crippen molar-refractivity contribution in [3.05, 3.63) is 34.3 Å². The second kappa shape index (κ2) is 5.53. The average molecular weight is 310 g/mol. The molecule has 0 unspecified atom stereocenters. The second-order valence-corrected chi connectivity index (χ2v) is 4.52. The maximum absolute atomic E-state index is 12.1. The highest BCUT2D eigenvalue weighted by Gasteiger charge is 2.40. The summed E-state index contributed by atoms with van der Waals surface area (Å²) in [6, 6.07) is 7.22. The molecular formula is C11H11BrF3NO. The van der Waals surface area contributed by atoms with E-state index in [0.717, 1.165) is 17.1 Å². The summed E-state index contributed by atoms with van der Waals surface area (Å²) in [5.41, 5.74) is 0.884. The van der Waals surface area contributed by atoms with Gasteiger partial charge in [-0.05, 0) is 24.1 Å². The smallest absolute Gasteiger partial charge is 0.338 e. The number of alkyl halides is 3. The molecule has 0 aliphatic heterocycles. The average Bonchev–Trinajstić information content (AvgIpc) is 2.25. The van der Waals surface area contributed by atoms with E-state index in [0.29, 0.717) is 11.3 Å². The number of rotatable bonds is 3. The third kappa shape index (κ3) is 4.38. The summed E-state index contributed by atoms with van der Waals surface area (Å²) in [6.45, 7) is 0.0416. The molecule has 0 radical (unpaired) electrons. The van der Waals surface area contributed by atoms with Crippen molar-refractivity contribution in [3.63, 3.8) is 0 Å². The van der Waals surface area contributed by atoms with Crippen LogP contribution in [0.25, 0.3) is 0 Å². The minimum Gasteiger partial charge on any atom is -0.338 e. The van der Waals surface area contributed by atoms with Crippen molar-refractivity contribution in [2.24, 2.45) is 0 Å². The molecule has 1 aromatic carbocycles. The Bertz CT molecular complexity index is 389. The Morgan fingerprint density at radius 3 is 2.29 bits per heavy atom. The third-order valence-electron chi connectivity index (χ3n) is 2.24. The van der Waals surface area contributed by atoms with E-state index < -0.39 is 12.1 Å². The van der Waals surface area contributed by atoms with E-state index in [1.807, 2.05) is 0 Å². The number of benzene rings is 1. The molecule has 94 valence electrons. The monoisotopic (exact) mass is 309 g/mol. The zero-order valence-electron chi connectivity index (χ0n) is 9.09. The molecule has 0 heterocycles. The Morgan fingerprint density at radius 1 is 1.29 bits per heavy atom. The van der Waals surface area contributed by atoms with Crippen LogP contribution in [0.15, 0.2) is 28.7 Å². The molecule has 1 aromatic rings. The first-order valence-electron chi connectivity index (χ1n) is 4.87. The molecule has 0 bridgehead atoms. The van der Waals surface area contributed by atoms with Gasteiger partial charge in [0.15, 0.2) is 0 Å². The van der Waals surface area contributed by atoms with E-state index in [-0.39, 0.29) is 6.54 Å². The van der Waals surface area contributed by atoms with Gasteiger partial charge >= 0.3 is 12.1 Å². The zero-order valence-corrected chi connectivity index (χ0v) is 10.7. The van der Waals surface area contributed by atoms with Crippen LogP contribution in [0.1, 0.15) is 5.56 Å². The molecule has 17 heavy (non-hydrogen) atoms. The highest BCUT2D eigenvalue weighted by atomic mass is 79.9. The third-order valence-corrected chi connectivity index (χ3v) is 2.77. The van der Waals surface area contributed by atoms with E-state index >= 15 is 0 Å². The van der Waals surface area contributed by atoms with Gasteiger partial charge in [-0.1, -0.05) is 28.1 Å². The summed E-state index contributed by atoms with van der Waals surface area (Å²) in [4.78, 5) is 11.5. The normalized spacial score (nSPS) is 11.4. The summed E-state index contributed by atoms with van der Waals surface area (Å²) in [6.07, 6.45) is -4.40. The number of hydrogen-bond acceptors (Lipinski definition) is 1. The van der Waals surface area contributed by atoms with Gasteiger partial charge in [-0.25, -0.2) is 0 Å². The van der Waals surface area contributed by atoms with E-state index in [1.54, 1.807) is 24.3 Å². The van der Waals surface area contributed by atoms with Crippen LogP contribution in [0.2, 0.25) is 0 Å². The van der Waals surface area contributed by atoms with E-state index in [9.17, 15) is 18.0 Å². The molecular weight excluding hydrogens is 299 g/mol. The molecule has 0 aromatic heterocycles. The maximum Gasteiger partial charge on any atom is 0.471 e. The molecule has 1 rings (SSSR count). The lowest BCUT2D eigenvalue weighted by Gasteiger charge is -2.18. The summed E-state index contributed by atoms with van der Waals surface area (Å²) in [5, 5.41) is 0. The van der Waals surface area contributed by atoms with Gasteiger partial charge in [0.05, 0.1) is 0 Å². The van der Waals surface area contributed by atoms with E-state index in [4.69, 9.17) is 0 Å². The Labute approximate surface area is 106 Å². The fourth-order valence-electron chi connectivity index (χ4n) is 1.27. The van der Waals surface area contributed by atoms with E-state index in [2.05, 4.69) is 15.9 Å². The fourth-order valence-corrected chi connectivity index (χ4v) is 1.53. The predicted molar refractivity (Wildman–Crippen MR) is 61.5 cm³/mol. The number of amides is 1. The predicted octanol–water partition coefficient (Wildman–Crippen LogP) is 3.01. The molecule has 0 spiro atoms. The lowest BCUT2D eigenvalue weighted by atomic mass is 10.1. The van der Waals surface area contributed by atoms with Crippen LogP contribution in [0.5, 0.6) is 0 Å². The van der Waals surface area contributed by atoms with Gasteiger partial charge < -0.3 is 4.90 Å². The minimum absolute atomic E-state index is 0.0416. The van der Waals surface area contributed by atoms with Crippen LogP contribution in [0.3, 0.4) is 0 Å². The van der Waals surface area contributed by atoms with Crippen molar-refractivity contribution in [3.8, 4) is 0 Å². The highest BCUT2D eigenvalue weighted by molar-refractivity contribution is 9.10. The molecule has 1 amide bonds. The summed E-state index contributed by atoms with van der Waals surface area (Å²) < 4.78 is 37.1. The molecule has 0 saturated heterocycles. The molecule has 0 atom stereocenters. The Kier molecular flexibility index (Phi) is 4.56. The number of carbonyl (C=O) groups is 1. The zero-order chi connectivity index (χ0) is 13.1. The standard InChI is InChI=1S/C11H11BrF3NO/c1-16(10(17)11(13,14)15)7-6-8-2-4-9(12)5-3-8/h2-5H,6-7H2,1H3. The van der Waals surface area contributed by atoms with Gasteiger partial charge in [0.1, 0.15) is 0 Å². The van der Waals surface area contributed by atoms with E-state index in [1.165, 1.54) is 0 Å². The number of halogens is 4. The Morgan fingerprint density at radius 2 is 1.82 bits per heavy atom. The highest BCUT2D eigenvalue weighted by Crippen LogP contribution is 2.18. The number of hydrogen-bond donors (Lipinski definition) is 0. The van der Waals surface area contributed by atoms with Crippen LogP contribution in [0, 0.1) is 0 Å². The van der Waals surface area contributed by atoms with Crippen molar-refractivity contribution >= 4 is 21.8 Å². The number of carbonyl (C=O) groups excluding carboxylic acids is 1. The molecule has 0 aliphatic carbocycles. The summed E-state index contributed by atoms with van der Waals surface area (Å²) in [5.74, 6) is -1.81. The van der Waals surface area contributed by atoms with Gasteiger partial charge in [-0.2, -0.15) is 13.2 Å². The molecule has 2 nitrogen and oxygen atoms in total. The van der Waals surface area contributed by atoms with Gasteiger partial charge in [-0.3, -0.25) is 4.79 Å². The van der Waals surface area contributed by atoms with Gasteiger partial charge in [0.25, 0.3) is 0 Å². The van der Waals surface area contributed by atoms with Crippen LogP contribution in [-0.2, 0) is 11.2 Å². The largest absolute Gasteiger partial charge is 0.471 e. The lowest BCUT2D eigenvalue weighted by Crippen LogP contribution is -2.39. The molecule has 0 aliphatic rings. The van der Waals surface area contributed by atoms with Gasteiger partial charge in [0.2, 0.25) is 0 Å². The summed E-state index contributed by atoms with van der Waals surface area (Å²) >= 11 is 3.26. The van der Waals surface area contributed by atoms with Crippen LogP contribution in [0.4, 0.5) is 13.2 Å². The van der Waals surface area contributed by atoms with Crippen molar-refractivity contribution < 1.29 is 18.0 Å². The van der Waals surface area contributed by atoms with Gasteiger partial charge in [0, 0.05) is 18.1 Å². The number of likely N-dealkylation sites (N-methyl/N-ethyl adjacent to an activating group) is 1. The topological polar surface area (TPSA) is 20.3 Å². The first kappa shape index (κ1) is 14.0. The maximum atomic E-state index is 12.1. The molecule has 6 heteroatoms. The molecule has 0 N–H and O–H groups in total. The van der Waals surface area contributed by atoms with Crippen LogP contribution < -0.4 is 0 Å². The fraction of sp³-hybridized carbons (Fsp3) is 0.364. The lowest BCUT2D eigenvalue weighted by molar-refractivity contribution is -0.184.